The molecule has 0 aliphatic heterocycles. The van der Waals surface area contributed by atoms with Gasteiger partial charge in [-0.25, -0.2) is 0 Å². The second kappa shape index (κ2) is 16.2. The Morgan fingerprint density at radius 3 is 1.48 bits per heavy atom. The van der Waals surface area contributed by atoms with Gasteiger partial charge in [0.1, 0.15) is 6.54 Å². The Morgan fingerprint density at radius 2 is 1.00 bits per heavy atom. The zero-order chi connectivity index (χ0) is 19.6. The normalized spacial score (nSPS) is 11.8. The van der Waals surface area contributed by atoms with E-state index in [1.807, 2.05) is 0 Å². The highest BCUT2D eigenvalue weighted by molar-refractivity contribution is 5.13. The maximum Gasteiger partial charge on any atom is 0.104 e. The summed E-state index contributed by atoms with van der Waals surface area (Å²) in [5.41, 5.74) is 1.53. The molecule has 0 amide bonds. The van der Waals surface area contributed by atoms with Gasteiger partial charge in [0.25, 0.3) is 0 Å². The van der Waals surface area contributed by atoms with Crippen molar-refractivity contribution in [3.8, 4) is 0 Å². The third-order valence-electron chi connectivity index (χ3n) is 6.03. The molecule has 0 unspecified atom stereocenters. The summed E-state index contributed by atoms with van der Waals surface area (Å²) in [7, 11) is 0. The van der Waals surface area contributed by atoms with E-state index >= 15 is 0 Å². The Labute approximate surface area is 171 Å². The second-order valence-electron chi connectivity index (χ2n) is 8.69. The van der Waals surface area contributed by atoms with Crippen molar-refractivity contribution in [3.63, 3.8) is 0 Å². The average molecular weight is 375 g/mol. The lowest BCUT2D eigenvalue weighted by Crippen LogP contribution is -2.49. The van der Waals surface area contributed by atoms with Gasteiger partial charge in [-0.2, -0.15) is 0 Å². The topological polar surface area (TPSA) is 0 Å². The van der Waals surface area contributed by atoms with Crippen LogP contribution in [0.4, 0.5) is 0 Å². The number of benzene rings is 1. The molecule has 0 spiro atoms. The van der Waals surface area contributed by atoms with E-state index in [9.17, 15) is 0 Å². The molecule has 0 fully saturated rings. The highest BCUT2D eigenvalue weighted by atomic mass is 15.3. The van der Waals surface area contributed by atoms with Crippen molar-refractivity contribution in [1.82, 2.24) is 0 Å². The lowest BCUT2D eigenvalue weighted by atomic mass is 10.1. The van der Waals surface area contributed by atoms with Gasteiger partial charge < -0.3 is 4.48 Å². The van der Waals surface area contributed by atoms with Crippen molar-refractivity contribution >= 4 is 0 Å². The molecule has 0 aliphatic rings. The molecule has 0 heterocycles. The van der Waals surface area contributed by atoms with Crippen LogP contribution >= 0.6 is 0 Å². The summed E-state index contributed by atoms with van der Waals surface area (Å²) in [6, 6.07) is 11.3. The van der Waals surface area contributed by atoms with Gasteiger partial charge in [-0.15, -0.1) is 0 Å². The molecule has 27 heavy (non-hydrogen) atoms. The predicted molar refractivity (Wildman–Crippen MR) is 122 cm³/mol. The summed E-state index contributed by atoms with van der Waals surface area (Å²) in [5.74, 6) is 0. The van der Waals surface area contributed by atoms with Crippen molar-refractivity contribution in [1.29, 1.82) is 0 Å². The van der Waals surface area contributed by atoms with Crippen LogP contribution in [0.5, 0.6) is 0 Å². The van der Waals surface area contributed by atoms with E-state index in [1.54, 1.807) is 0 Å². The smallest absolute Gasteiger partial charge is 0.104 e. The van der Waals surface area contributed by atoms with E-state index in [2.05, 4.69) is 51.1 Å². The molecule has 156 valence electrons. The fourth-order valence-corrected chi connectivity index (χ4v) is 4.47. The Kier molecular flexibility index (Phi) is 14.5. The largest absolute Gasteiger partial charge is 0.320 e. The van der Waals surface area contributed by atoms with Crippen molar-refractivity contribution < 1.29 is 4.48 Å². The molecular weight excluding hydrogens is 326 g/mol. The van der Waals surface area contributed by atoms with Crippen molar-refractivity contribution in [2.45, 2.75) is 111 Å². The molecule has 0 aliphatic carbocycles. The number of unbranched alkanes of at least 4 members (excludes halogenated alkanes) is 10. The van der Waals surface area contributed by atoms with Gasteiger partial charge in [0.2, 0.25) is 0 Å². The molecule has 1 heteroatoms. The summed E-state index contributed by atoms with van der Waals surface area (Å²) in [5, 5.41) is 0. The van der Waals surface area contributed by atoms with Gasteiger partial charge in [0.05, 0.1) is 19.6 Å². The predicted octanol–water partition coefficient (Wildman–Crippen LogP) is 8.13. The molecule has 0 radical (unpaired) electrons. The molecule has 0 aromatic heterocycles. The summed E-state index contributed by atoms with van der Waals surface area (Å²) >= 11 is 0. The molecular formula is C26H48N+. The van der Waals surface area contributed by atoms with Gasteiger partial charge in [-0.05, 0) is 32.1 Å². The van der Waals surface area contributed by atoms with Crippen molar-refractivity contribution in [2.24, 2.45) is 0 Å². The SMILES string of the molecule is CCCCCCCC[N+](CCC)(CCCCCCCC)Cc1ccccc1. The summed E-state index contributed by atoms with van der Waals surface area (Å²) in [6.45, 7) is 12.3. The summed E-state index contributed by atoms with van der Waals surface area (Å²) < 4.78 is 1.32. The van der Waals surface area contributed by atoms with Crippen molar-refractivity contribution in [2.75, 3.05) is 19.6 Å². The fourth-order valence-electron chi connectivity index (χ4n) is 4.47. The van der Waals surface area contributed by atoms with Gasteiger partial charge in [-0.3, -0.25) is 0 Å². The highest BCUT2D eigenvalue weighted by Crippen LogP contribution is 2.21. The number of rotatable bonds is 18. The number of hydrogen-bond acceptors (Lipinski definition) is 0. The zero-order valence-corrected chi connectivity index (χ0v) is 18.9. The maximum atomic E-state index is 2.38. The first-order chi connectivity index (χ1) is 13.3. The average Bonchev–Trinajstić information content (AvgIpc) is 2.68. The summed E-state index contributed by atoms with van der Waals surface area (Å²) in [4.78, 5) is 0. The van der Waals surface area contributed by atoms with Crippen LogP contribution in [-0.4, -0.2) is 24.1 Å². The molecule has 1 aromatic rings. The van der Waals surface area contributed by atoms with Gasteiger partial charge in [-0.1, -0.05) is 102 Å². The van der Waals surface area contributed by atoms with Crippen molar-refractivity contribution in [3.05, 3.63) is 35.9 Å². The quantitative estimate of drug-likeness (QED) is 0.180. The van der Waals surface area contributed by atoms with E-state index in [4.69, 9.17) is 0 Å². The second-order valence-corrected chi connectivity index (χ2v) is 8.69. The van der Waals surface area contributed by atoms with Gasteiger partial charge in [0.15, 0.2) is 0 Å². The first-order valence-electron chi connectivity index (χ1n) is 12.2. The molecule has 0 bridgehead atoms. The Morgan fingerprint density at radius 1 is 0.519 bits per heavy atom. The highest BCUT2D eigenvalue weighted by Gasteiger charge is 2.26. The fraction of sp³-hybridized carbons (Fsp3) is 0.769. The molecule has 0 saturated heterocycles. The molecule has 0 N–H and O–H groups in total. The Bertz CT molecular complexity index is 409. The van der Waals surface area contributed by atoms with E-state index in [-0.39, 0.29) is 0 Å². The van der Waals surface area contributed by atoms with Crippen LogP contribution in [0.1, 0.15) is 110 Å². The lowest BCUT2D eigenvalue weighted by molar-refractivity contribution is -0.941. The van der Waals surface area contributed by atoms with Gasteiger partial charge in [0, 0.05) is 5.56 Å². The summed E-state index contributed by atoms with van der Waals surface area (Å²) in [6.07, 6.45) is 18.2. The van der Waals surface area contributed by atoms with Crippen LogP contribution in [0.25, 0.3) is 0 Å². The number of nitrogens with zero attached hydrogens (tertiary/aromatic N) is 1. The number of quaternary nitrogens is 1. The Balaban J connectivity index is 2.59. The van der Waals surface area contributed by atoms with Crippen LogP contribution in [0, 0.1) is 0 Å². The molecule has 0 atom stereocenters. The molecule has 0 saturated carbocycles. The monoisotopic (exact) mass is 374 g/mol. The number of hydrogen-bond donors (Lipinski definition) is 0. The first kappa shape index (κ1) is 24.2. The first-order valence-corrected chi connectivity index (χ1v) is 12.2. The van der Waals surface area contributed by atoms with Gasteiger partial charge >= 0.3 is 0 Å². The minimum absolute atomic E-state index is 1.23. The van der Waals surface area contributed by atoms with Crippen LogP contribution in [0.15, 0.2) is 30.3 Å². The standard InChI is InChI=1S/C26H48N/c1-4-7-9-11-13-18-23-27(22-6-3,24-19-14-12-10-8-5-2)25-26-20-16-15-17-21-26/h15-17,20-21H,4-14,18-19,22-25H2,1-3H3/q+1. The minimum Gasteiger partial charge on any atom is -0.320 e. The Hall–Kier alpha value is -0.820. The molecule has 1 aromatic carbocycles. The molecule has 1 nitrogen and oxygen atoms in total. The van der Waals surface area contributed by atoms with Crippen LogP contribution < -0.4 is 0 Å². The molecule has 1 rings (SSSR count). The van der Waals surface area contributed by atoms with E-state index in [1.165, 1.54) is 120 Å². The minimum atomic E-state index is 1.23. The van der Waals surface area contributed by atoms with Crippen LogP contribution in [-0.2, 0) is 6.54 Å². The maximum absolute atomic E-state index is 2.38. The zero-order valence-electron chi connectivity index (χ0n) is 18.9. The van der Waals surface area contributed by atoms with E-state index in [0.29, 0.717) is 0 Å². The third-order valence-corrected chi connectivity index (χ3v) is 6.03. The van der Waals surface area contributed by atoms with E-state index < -0.39 is 0 Å². The van der Waals surface area contributed by atoms with Crippen LogP contribution in [0.3, 0.4) is 0 Å². The van der Waals surface area contributed by atoms with Crippen LogP contribution in [0.2, 0.25) is 0 Å². The lowest BCUT2D eigenvalue weighted by Gasteiger charge is -2.39. The third kappa shape index (κ3) is 11.6. The van der Waals surface area contributed by atoms with E-state index in [0.717, 1.165) is 0 Å².